The molecule has 0 saturated carbocycles. The fourth-order valence-electron chi connectivity index (χ4n) is 1.23. The van der Waals surface area contributed by atoms with E-state index in [1.54, 1.807) is 0 Å². The summed E-state index contributed by atoms with van der Waals surface area (Å²) in [4.78, 5) is 10.4. The van der Waals surface area contributed by atoms with E-state index in [4.69, 9.17) is 0 Å². The van der Waals surface area contributed by atoms with Gasteiger partial charge in [-0.2, -0.15) is 0 Å². The summed E-state index contributed by atoms with van der Waals surface area (Å²) in [7, 11) is 0. The summed E-state index contributed by atoms with van der Waals surface area (Å²) in [5, 5.41) is 10.5. The van der Waals surface area contributed by atoms with Crippen LogP contribution in [-0.4, -0.2) is 11.0 Å². The number of nitro groups is 1. The van der Waals surface area contributed by atoms with E-state index in [1.165, 1.54) is 0 Å². The van der Waals surface area contributed by atoms with E-state index in [9.17, 15) is 10.1 Å². The van der Waals surface area contributed by atoms with E-state index < -0.39 is 0 Å². The third-order valence-electron chi connectivity index (χ3n) is 2.08. The number of hydrogen-bond acceptors (Lipinski definition) is 2. The van der Waals surface area contributed by atoms with Crippen LogP contribution >= 0.6 is 0 Å². The van der Waals surface area contributed by atoms with Gasteiger partial charge in [0.05, 0.1) is 0 Å². The number of hydrogen-bond donors (Lipinski definition) is 0. The van der Waals surface area contributed by atoms with Gasteiger partial charge in [0.15, 0.2) is 0 Å². The average Bonchev–Trinajstić information content (AvgIpc) is 2.04. The second-order valence-corrected chi connectivity index (χ2v) is 3.22. The third-order valence-corrected chi connectivity index (χ3v) is 2.08. The summed E-state index contributed by atoms with van der Waals surface area (Å²) < 4.78 is 0. The van der Waals surface area contributed by atoms with Gasteiger partial charge in [-0.1, -0.05) is 26.7 Å². The van der Waals surface area contributed by atoms with Crippen molar-refractivity contribution in [2.24, 2.45) is 0 Å². The molecule has 72 valence electrons. The van der Waals surface area contributed by atoms with Crippen molar-refractivity contribution < 1.29 is 4.92 Å². The highest BCUT2D eigenvalue weighted by Crippen LogP contribution is 2.11. The SMILES string of the molecule is CCCCC(CCCC)[N+](=O)[O-]. The van der Waals surface area contributed by atoms with Crippen LogP contribution < -0.4 is 0 Å². The molecule has 0 amide bonds. The molecule has 0 rings (SSSR count). The molecule has 0 aromatic carbocycles. The van der Waals surface area contributed by atoms with Crippen molar-refractivity contribution in [3.8, 4) is 0 Å². The summed E-state index contributed by atoms with van der Waals surface area (Å²) >= 11 is 0. The molecule has 0 spiro atoms. The Balaban J connectivity index is 3.62. The van der Waals surface area contributed by atoms with Crippen LogP contribution in [0.5, 0.6) is 0 Å². The number of nitrogens with zero attached hydrogens (tertiary/aromatic N) is 1. The van der Waals surface area contributed by atoms with E-state index in [0.29, 0.717) is 0 Å². The molecule has 0 radical (unpaired) electrons. The molecule has 0 aromatic rings. The lowest BCUT2D eigenvalue weighted by Crippen LogP contribution is -2.18. The molecule has 3 nitrogen and oxygen atoms in total. The van der Waals surface area contributed by atoms with Crippen LogP contribution in [0.2, 0.25) is 0 Å². The Labute approximate surface area is 74.3 Å². The highest BCUT2D eigenvalue weighted by Gasteiger charge is 2.17. The Bertz CT molecular complexity index is 118. The predicted octanol–water partition coefficient (Wildman–Crippen LogP) is 3.01. The topological polar surface area (TPSA) is 43.1 Å². The second kappa shape index (κ2) is 7.07. The van der Waals surface area contributed by atoms with E-state index in [0.717, 1.165) is 38.5 Å². The number of unbranched alkanes of at least 4 members (excludes halogenated alkanes) is 2. The lowest BCUT2D eigenvalue weighted by molar-refractivity contribution is -0.524. The van der Waals surface area contributed by atoms with Crippen LogP contribution in [0.25, 0.3) is 0 Å². The van der Waals surface area contributed by atoms with E-state index in [1.807, 2.05) is 0 Å². The highest BCUT2D eigenvalue weighted by atomic mass is 16.6. The first-order valence-electron chi connectivity index (χ1n) is 4.85. The highest BCUT2D eigenvalue weighted by molar-refractivity contribution is 4.56. The maximum Gasteiger partial charge on any atom is 0.213 e. The van der Waals surface area contributed by atoms with Gasteiger partial charge in [0.2, 0.25) is 6.04 Å². The summed E-state index contributed by atoms with van der Waals surface area (Å²) in [5.74, 6) is 0. The molecule has 0 atom stereocenters. The maximum atomic E-state index is 10.5. The van der Waals surface area contributed by atoms with Crippen LogP contribution in [0.4, 0.5) is 0 Å². The Kier molecular flexibility index (Phi) is 6.72. The van der Waals surface area contributed by atoms with Crippen molar-refractivity contribution in [3.63, 3.8) is 0 Å². The molecule has 0 saturated heterocycles. The largest absolute Gasteiger partial charge is 0.264 e. The van der Waals surface area contributed by atoms with Gasteiger partial charge in [-0.3, -0.25) is 10.1 Å². The Hall–Kier alpha value is -0.600. The second-order valence-electron chi connectivity index (χ2n) is 3.22. The monoisotopic (exact) mass is 173 g/mol. The van der Waals surface area contributed by atoms with Gasteiger partial charge < -0.3 is 0 Å². The zero-order chi connectivity index (χ0) is 9.40. The minimum atomic E-state index is -0.287. The lowest BCUT2D eigenvalue weighted by atomic mass is 10.0. The molecule has 0 unspecified atom stereocenters. The van der Waals surface area contributed by atoms with Crippen molar-refractivity contribution in [2.45, 2.75) is 58.4 Å². The van der Waals surface area contributed by atoms with Crippen molar-refractivity contribution in [2.75, 3.05) is 0 Å². The minimum Gasteiger partial charge on any atom is -0.264 e. The van der Waals surface area contributed by atoms with Crippen LogP contribution in [0.1, 0.15) is 52.4 Å². The fourth-order valence-corrected chi connectivity index (χ4v) is 1.23. The molecular formula is C9H19NO2. The quantitative estimate of drug-likeness (QED) is 0.438. The fraction of sp³-hybridized carbons (Fsp3) is 1.00. The van der Waals surface area contributed by atoms with Gasteiger partial charge in [-0.15, -0.1) is 0 Å². The third kappa shape index (κ3) is 5.10. The number of rotatable bonds is 7. The first-order chi connectivity index (χ1) is 5.72. The van der Waals surface area contributed by atoms with E-state index >= 15 is 0 Å². The molecule has 12 heavy (non-hydrogen) atoms. The predicted molar refractivity (Wildman–Crippen MR) is 49.8 cm³/mol. The van der Waals surface area contributed by atoms with Gasteiger partial charge >= 0.3 is 0 Å². The normalized spacial score (nSPS) is 10.6. The molecule has 0 aliphatic rings. The van der Waals surface area contributed by atoms with Gasteiger partial charge in [0.25, 0.3) is 0 Å². The van der Waals surface area contributed by atoms with Crippen LogP contribution in [0, 0.1) is 10.1 Å². The van der Waals surface area contributed by atoms with Gasteiger partial charge in [0, 0.05) is 17.8 Å². The molecular weight excluding hydrogens is 154 g/mol. The van der Waals surface area contributed by atoms with Crippen LogP contribution in [-0.2, 0) is 0 Å². The molecule has 0 fully saturated rings. The summed E-state index contributed by atoms with van der Waals surface area (Å²) in [6, 6.07) is -0.287. The van der Waals surface area contributed by atoms with Crippen molar-refractivity contribution >= 4 is 0 Å². The molecule has 0 aromatic heterocycles. The van der Waals surface area contributed by atoms with Gasteiger partial charge in [0.1, 0.15) is 0 Å². The van der Waals surface area contributed by atoms with Crippen molar-refractivity contribution in [3.05, 3.63) is 10.1 Å². The summed E-state index contributed by atoms with van der Waals surface area (Å²) in [5.41, 5.74) is 0. The Morgan fingerprint density at radius 1 is 1.17 bits per heavy atom. The van der Waals surface area contributed by atoms with Gasteiger partial charge in [-0.05, 0) is 12.8 Å². The van der Waals surface area contributed by atoms with E-state index in [-0.39, 0.29) is 11.0 Å². The van der Waals surface area contributed by atoms with Crippen molar-refractivity contribution in [1.82, 2.24) is 0 Å². The molecule has 0 N–H and O–H groups in total. The average molecular weight is 173 g/mol. The molecule has 0 bridgehead atoms. The summed E-state index contributed by atoms with van der Waals surface area (Å²) in [6.07, 6.45) is 5.57. The Morgan fingerprint density at radius 3 is 1.83 bits per heavy atom. The summed E-state index contributed by atoms with van der Waals surface area (Å²) in [6.45, 7) is 4.13. The molecule has 0 heterocycles. The smallest absolute Gasteiger partial charge is 0.213 e. The zero-order valence-electron chi connectivity index (χ0n) is 8.08. The molecule has 3 heteroatoms. The maximum absolute atomic E-state index is 10.5. The molecule has 0 aliphatic heterocycles. The van der Waals surface area contributed by atoms with Crippen LogP contribution in [0.15, 0.2) is 0 Å². The van der Waals surface area contributed by atoms with Crippen LogP contribution in [0.3, 0.4) is 0 Å². The van der Waals surface area contributed by atoms with E-state index in [2.05, 4.69) is 13.8 Å². The first-order valence-corrected chi connectivity index (χ1v) is 4.85. The Morgan fingerprint density at radius 2 is 1.58 bits per heavy atom. The minimum absolute atomic E-state index is 0.120. The lowest BCUT2D eigenvalue weighted by Gasteiger charge is -2.07. The first kappa shape index (κ1) is 11.4. The van der Waals surface area contributed by atoms with Gasteiger partial charge in [-0.25, -0.2) is 0 Å². The standard InChI is InChI=1S/C9H19NO2/c1-3-5-7-9(10(11)12)8-6-4-2/h9H,3-8H2,1-2H3. The zero-order valence-corrected chi connectivity index (χ0v) is 8.08. The molecule has 0 aliphatic carbocycles. The van der Waals surface area contributed by atoms with Crippen molar-refractivity contribution in [1.29, 1.82) is 0 Å².